The highest BCUT2D eigenvalue weighted by molar-refractivity contribution is 5.78. The van der Waals surface area contributed by atoms with Crippen molar-refractivity contribution in [1.29, 1.82) is 0 Å². The lowest BCUT2D eigenvalue weighted by Crippen LogP contribution is -2.51. The van der Waals surface area contributed by atoms with Crippen LogP contribution in [0.2, 0.25) is 0 Å². The number of anilines is 1. The summed E-state index contributed by atoms with van der Waals surface area (Å²) in [5, 5.41) is 3.10. The van der Waals surface area contributed by atoms with Crippen molar-refractivity contribution < 1.29 is 4.79 Å². The van der Waals surface area contributed by atoms with Crippen LogP contribution in [0.15, 0.2) is 36.9 Å². The number of amides is 1. The predicted molar refractivity (Wildman–Crippen MR) is 112 cm³/mol. The molecule has 0 saturated carbocycles. The van der Waals surface area contributed by atoms with Gasteiger partial charge >= 0.3 is 0 Å². The molecule has 2 aromatic heterocycles. The molecule has 0 spiro atoms. The maximum absolute atomic E-state index is 12.7. The van der Waals surface area contributed by atoms with Gasteiger partial charge in [-0.15, -0.1) is 0 Å². The zero-order chi connectivity index (χ0) is 20.1. The molecular weight excluding hydrogens is 364 g/mol. The molecular formula is C22H30N6O. The van der Waals surface area contributed by atoms with Crippen molar-refractivity contribution in [3.8, 4) is 0 Å². The van der Waals surface area contributed by atoms with Crippen molar-refractivity contribution in [2.24, 2.45) is 5.92 Å². The highest BCUT2D eigenvalue weighted by Gasteiger charge is 2.32. The first-order valence-corrected chi connectivity index (χ1v) is 10.6. The molecule has 29 heavy (non-hydrogen) atoms. The Labute approximate surface area is 172 Å². The van der Waals surface area contributed by atoms with E-state index in [-0.39, 0.29) is 11.8 Å². The number of hydrogen-bond acceptors (Lipinski definition) is 6. The highest BCUT2D eigenvalue weighted by Crippen LogP contribution is 2.26. The Bertz CT molecular complexity index is 806. The minimum atomic E-state index is 0.0840. The van der Waals surface area contributed by atoms with Crippen molar-refractivity contribution in [2.45, 2.75) is 45.2 Å². The van der Waals surface area contributed by atoms with Crippen LogP contribution in [0.1, 0.15) is 36.9 Å². The van der Waals surface area contributed by atoms with Gasteiger partial charge in [-0.1, -0.05) is 6.07 Å². The van der Waals surface area contributed by atoms with E-state index in [1.807, 2.05) is 19.1 Å². The second kappa shape index (κ2) is 9.31. The quantitative estimate of drug-likeness (QED) is 0.838. The number of pyridine rings is 1. The Morgan fingerprint density at radius 3 is 2.72 bits per heavy atom. The van der Waals surface area contributed by atoms with Crippen molar-refractivity contribution in [3.63, 3.8) is 0 Å². The van der Waals surface area contributed by atoms with Crippen molar-refractivity contribution >= 4 is 11.7 Å². The molecule has 1 atom stereocenters. The average Bonchev–Trinajstić information content (AvgIpc) is 2.79. The molecule has 1 amide bonds. The summed E-state index contributed by atoms with van der Waals surface area (Å²) in [6.45, 7) is 6.54. The summed E-state index contributed by atoms with van der Waals surface area (Å²) in [7, 11) is 0. The van der Waals surface area contributed by atoms with Gasteiger partial charge in [0.1, 0.15) is 5.82 Å². The van der Waals surface area contributed by atoms with Gasteiger partial charge < -0.3 is 10.2 Å². The number of carbonyl (C=O) groups is 1. The van der Waals surface area contributed by atoms with Gasteiger partial charge in [-0.2, -0.15) is 0 Å². The summed E-state index contributed by atoms with van der Waals surface area (Å²) in [6, 6.07) is 4.45. The first-order valence-electron chi connectivity index (χ1n) is 10.6. The lowest BCUT2D eigenvalue weighted by atomic mass is 9.93. The molecule has 2 aromatic rings. The summed E-state index contributed by atoms with van der Waals surface area (Å²) in [5.74, 6) is 1.27. The van der Waals surface area contributed by atoms with Crippen LogP contribution in [-0.2, 0) is 11.3 Å². The van der Waals surface area contributed by atoms with Crippen LogP contribution < -0.4 is 10.2 Å². The lowest BCUT2D eigenvalue weighted by Gasteiger charge is -2.42. The first-order chi connectivity index (χ1) is 14.2. The molecule has 2 aliphatic heterocycles. The largest absolute Gasteiger partial charge is 0.355 e. The smallest absolute Gasteiger partial charge is 0.224 e. The number of nitrogens with zero attached hydrogens (tertiary/aromatic N) is 5. The Kier molecular flexibility index (Phi) is 6.34. The summed E-state index contributed by atoms with van der Waals surface area (Å²) < 4.78 is 0. The normalized spacial score (nSPS) is 21.1. The maximum atomic E-state index is 12.7. The molecule has 7 heteroatoms. The third-order valence-electron chi connectivity index (χ3n) is 6.15. The number of carbonyl (C=O) groups excluding carboxylic acids is 1. The maximum Gasteiger partial charge on any atom is 0.224 e. The van der Waals surface area contributed by atoms with Crippen LogP contribution >= 0.6 is 0 Å². The van der Waals surface area contributed by atoms with E-state index in [0.717, 1.165) is 68.9 Å². The summed E-state index contributed by atoms with van der Waals surface area (Å²) in [6.07, 6.45) is 11.4. The number of rotatable bonds is 5. The van der Waals surface area contributed by atoms with E-state index < -0.39 is 0 Å². The van der Waals surface area contributed by atoms with E-state index >= 15 is 0 Å². The van der Waals surface area contributed by atoms with Crippen LogP contribution in [-0.4, -0.2) is 58.0 Å². The van der Waals surface area contributed by atoms with Crippen LogP contribution in [0.5, 0.6) is 0 Å². The molecule has 4 rings (SSSR count). The average molecular weight is 395 g/mol. The van der Waals surface area contributed by atoms with Crippen LogP contribution in [0, 0.1) is 12.8 Å². The number of aryl methyl sites for hydroxylation is 1. The van der Waals surface area contributed by atoms with Crippen molar-refractivity contribution in [2.75, 3.05) is 31.1 Å². The molecule has 2 fully saturated rings. The molecule has 0 aliphatic carbocycles. The molecule has 0 radical (unpaired) electrons. The zero-order valence-corrected chi connectivity index (χ0v) is 17.1. The molecule has 2 saturated heterocycles. The number of nitrogens with one attached hydrogen (secondary N) is 1. The van der Waals surface area contributed by atoms with Crippen LogP contribution in [0.3, 0.4) is 0 Å². The third kappa shape index (κ3) is 4.90. The monoisotopic (exact) mass is 394 g/mol. The zero-order valence-electron chi connectivity index (χ0n) is 17.1. The van der Waals surface area contributed by atoms with Crippen LogP contribution in [0.4, 0.5) is 5.82 Å². The molecule has 1 N–H and O–H groups in total. The SMILES string of the molecule is Cc1nccnc1N1CCC(N2CCC[C@H](C(=O)NCc3cccnc3)C2)CC1. The standard InChI is InChI=1S/C22H30N6O/c1-17-21(25-10-9-24-17)27-12-6-20(7-13-27)28-11-3-5-19(16-28)22(29)26-15-18-4-2-8-23-14-18/h2,4,8-10,14,19-20H,3,5-7,11-13,15-16H2,1H3,(H,26,29)/t19-/m0/s1. The molecule has 7 nitrogen and oxygen atoms in total. The summed E-state index contributed by atoms with van der Waals surface area (Å²) in [5.41, 5.74) is 2.04. The van der Waals surface area contributed by atoms with E-state index in [1.54, 1.807) is 24.8 Å². The first kappa shape index (κ1) is 19.8. The summed E-state index contributed by atoms with van der Waals surface area (Å²) in [4.78, 5) is 30.6. The van der Waals surface area contributed by atoms with E-state index in [4.69, 9.17) is 0 Å². The van der Waals surface area contributed by atoms with Gasteiger partial charge in [0.25, 0.3) is 0 Å². The molecule has 0 bridgehead atoms. The van der Waals surface area contributed by atoms with Gasteiger partial charge in [0.2, 0.25) is 5.91 Å². The Morgan fingerprint density at radius 2 is 1.97 bits per heavy atom. The number of likely N-dealkylation sites (tertiary alicyclic amines) is 1. The van der Waals surface area contributed by atoms with Gasteiger partial charge in [0, 0.05) is 57.0 Å². The highest BCUT2D eigenvalue weighted by atomic mass is 16.1. The van der Waals surface area contributed by atoms with Gasteiger partial charge in [0.15, 0.2) is 0 Å². The Morgan fingerprint density at radius 1 is 1.14 bits per heavy atom. The molecule has 2 aliphatic rings. The van der Waals surface area contributed by atoms with Crippen molar-refractivity contribution in [1.82, 2.24) is 25.2 Å². The second-order valence-electron chi connectivity index (χ2n) is 8.10. The number of aromatic nitrogens is 3. The van der Waals surface area contributed by atoms with Gasteiger partial charge in [-0.3, -0.25) is 19.7 Å². The predicted octanol–water partition coefficient (Wildman–Crippen LogP) is 2.18. The van der Waals surface area contributed by atoms with E-state index in [2.05, 4.69) is 30.1 Å². The minimum Gasteiger partial charge on any atom is -0.355 e. The number of hydrogen-bond donors (Lipinski definition) is 1. The second-order valence-corrected chi connectivity index (χ2v) is 8.10. The Balaban J connectivity index is 1.28. The van der Waals surface area contributed by atoms with Crippen molar-refractivity contribution in [3.05, 3.63) is 48.2 Å². The summed E-state index contributed by atoms with van der Waals surface area (Å²) >= 11 is 0. The molecule has 0 aromatic carbocycles. The molecule has 0 unspecified atom stereocenters. The Hall–Kier alpha value is -2.54. The van der Waals surface area contributed by atoms with Crippen LogP contribution in [0.25, 0.3) is 0 Å². The topological polar surface area (TPSA) is 74.2 Å². The van der Waals surface area contributed by atoms with Gasteiger partial charge in [-0.05, 0) is 50.8 Å². The lowest BCUT2D eigenvalue weighted by molar-refractivity contribution is -0.127. The van der Waals surface area contributed by atoms with E-state index in [1.165, 1.54) is 0 Å². The molecule has 154 valence electrons. The molecule has 4 heterocycles. The van der Waals surface area contributed by atoms with E-state index in [9.17, 15) is 4.79 Å². The fourth-order valence-corrected chi connectivity index (χ4v) is 4.54. The van der Waals surface area contributed by atoms with E-state index in [0.29, 0.717) is 12.6 Å². The fourth-order valence-electron chi connectivity index (χ4n) is 4.54. The minimum absolute atomic E-state index is 0.0840. The van der Waals surface area contributed by atoms with Gasteiger partial charge in [0.05, 0.1) is 11.6 Å². The van der Waals surface area contributed by atoms with Gasteiger partial charge in [-0.25, -0.2) is 4.98 Å². The number of piperidine rings is 2. The third-order valence-corrected chi connectivity index (χ3v) is 6.15. The fraction of sp³-hybridized carbons (Fsp3) is 0.545.